The summed E-state index contributed by atoms with van der Waals surface area (Å²) in [5.74, 6) is 0.374. The molecule has 0 spiro atoms. The zero-order chi connectivity index (χ0) is 23.5. The van der Waals surface area contributed by atoms with Gasteiger partial charge in [0.05, 0.1) is 32.0 Å². The van der Waals surface area contributed by atoms with Gasteiger partial charge >= 0.3 is 0 Å². The van der Waals surface area contributed by atoms with Gasteiger partial charge in [0.2, 0.25) is 0 Å². The molecule has 1 aliphatic heterocycles. The number of methoxy groups -OCH3 is 2. The average molecular weight is 463 g/mol. The molecule has 0 saturated heterocycles. The maximum absolute atomic E-state index is 13.5. The highest BCUT2D eigenvalue weighted by Gasteiger charge is 2.39. The van der Waals surface area contributed by atoms with E-state index in [2.05, 4.69) is 5.32 Å². The number of hydrogen-bond donors (Lipinski definition) is 1. The molecule has 168 valence electrons. The maximum atomic E-state index is 13.5. The van der Waals surface area contributed by atoms with Crippen LogP contribution in [-0.4, -0.2) is 30.9 Å². The number of carbonyl (C=O) groups excluding carboxylic acids is 2. The van der Waals surface area contributed by atoms with Crippen LogP contribution in [0.3, 0.4) is 0 Å². The van der Waals surface area contributed by atoms with Crippen LogP contribution >= 0.6 is 11.6 Å². The van der Waals surface area contributed by atoms with Crippen LogP contribution in [0.2, 0.25) is 5.02 Å². The first-order valence-electron chi connectivity index (χ1n) is 10.3. The van der Waals surface area contributed by atoms with Crippen molar-refractivity contribution < 1.29 is 19.1 Å². The van der Waals surface area contributed by atoms with E-state index >= 15 is 0 Å². The van der Waals surface area contributed by atoms with Gasteiger partial charge in [-0.15, -0.1) is 0 Å². The molecular formula is C26H23ClN2O4. The zero-order valence-corrected chi connectivity index (χ0v) is 19.3. The molecule has 3 aromatic carbocycles. The highest BCUT2D eigenvalue weighted by molar-refractivity contribution is 6.36. The highest BCUT2D eigenvalue weighted by atomic mass is 35.5. The number of hydrogen-bond acceptors (Lipinski definition) is 5. The molecule has 0 radical (unpaired) electrons. The summed E-state index contributed by atoms with van der Waals surface area (Å²) in [4.78, 5) is 28.2. The van der Waals surface area contributed by atoms with E-state index in [0.717, 1.165) is 5.56 Å². The third-order valence-corrected chi connectivity index (χ3v) is 5.82. The molecule has 0 saturated carbocycles. The van der Waals surface area contributed by atoms with Crippen LogP contribution in [0, 0.1) is 6.92 Å². The minimum Gasteiger partial charge on any atom is -0.497 e. The second-order valence-electron chi connectivity index (χ2n) is 7.60. The summed E-state index contributed by atoms with van der Waals surface area (Å²) in [5.41, 5.74) is 3.32. The van der Waals surface area contributed by atoms with Crippen LogP contribution < -0.4 is 14.8 Å². The van der Waals surface area contributed by atoms with E-state index in [1.165, 1.54) is 4.90 Å². The first kappa shape index (κ1) is 22.4. The molecule has 0 bridgehead atoms. The molecular weight excluding hydrogens is 440 g/mol. The summed E-state index contributed by atoms with van der Waals surface area (Å²) < 4.78 is 10.7. The third-order valence-electron chi connectivity index (χ3n) is 5.45. The molecule has 0 fully saturated rings. The monoisotopic (exact) mass is 462 g/mol. The number of carbonyl (C=O) groups is 2. The van der Waals surface area contributed by atoms with Crippen LogP contribution in [0.4, 0.5) is 5.69 Å². The first-order valence-corrected chi connectivity index (χ1v) is 10.7. The SMILES string of the molecule is COc1ccc(C2=C(Nc3cc(C)ccc3OC)C(=O)N(Cc3ccccc3Cl)C2=O)cc1. The minimum atomic E-state index is -0.436. The average Bonchev–Trinajstić information content (AvgIpc) is 3.05. The van der Waals surface area contributed by atoms with E-state index in [4.69, 9.17) is 21.1 Å². The Balaban J connectivity index is 1.79. The molecule has 0 aromatic heterocycles. The van der Waals surface area contributed by atoms with Crippen molar-refractivity contribution in [2.45, 2.75) is 13.5 Å². The van der Waals surface area contributed by atoms with Crippen molar-refractivity contribution in [1.29, 1.82) is 0 Å². The highest BCUT2D eigenvalue weighted by Crippen LogP contribution is 2.35. The van der Waals surface area contributed by atoms with Gasteiger partial charge in [0.15, 0.2) is 0 Å². The van der Waals surface area contributed by atoms with Crippen LogP contribution in [-0.2, 0) is 16.1 Å². The van der Waals surface area contributed by atoms with Gasteiger partial charge in [-0.05, 0) is 53.9 Å². The molecule has 1 aliphatic rings. The van der Waals surface area contributed by atoms with Crippen LogP contribution in [0.1, 0.15) is 16.7 Å². The van der Waals surface area contributed by atoms with Crippen molar-refractivity contribution in [3.8, 4) is 11.5 Å². The second-order valence-corrected chi connectivity index (χ2v) is 8.00. The smallest absolute Gasteiger partial charge is 0.278 e. The van der Waals surface area contributed by atoms with Crippen LogP contribution in [0.25, 0.3) is 5.57 Å². The predicted octanol–water partition coefficient (Wildman–Crippen LogP) is 5.06. The normalized spacial score (nSPS) is 13.5. The lowest BCUT2D eigenvalue weighted by atomic mass is 10.0. The molecule has 1 heterocycles. The molecule has 1 N–H and O–H groups in total. The van der Waals surface area contributed by atoms with Gasteiger partial charge in [0, 0.05) is 5.02 Å². The molecule has 0 unspecified atom stereocenters. The molecule has 3 aromatic rings. The summed E-state index contributed by atoms with van der Waals surface area (Å²) in [5, 5.41) is 3.66. The van der Waals surface area contributed by atoms with E-state index < -0.39 is 11.8 Å². The third kappa shape index (κ3) is 4.43. The number of halogens is 1. The molecule has 2 amide bonds. The number of ether oxygens (including phenoxy) is 2. The Morgan fingerprint density at radius 3 is 2.30 bits per heavy atom. The topological polar surface area (TPSA) is 67.9 Å². The molecule has 7 heteroatoms. The van der Waals surface area contributed by atoms with Gasteiger partial charge in [-0.25, -0.2) is 0 Å². The number of rotatable bonds is 7. The van der Waals surface area contributed by atoms with Gasteiger partial charge in [0.25, 0.3) is 11.8 Å². The second kappa shape index (κ2) is 9.38. The number of amides is 2. The Bertz CT molecular complexity index is 1250. The van der Waals surface area contributed by atoms with E-state index in [-0.39, 0.29) is 17.8 Å². The lowest BCUT2D eigenvalue weighted by Gasteiger charge is -2.17. The van der Waals surface area contributed by atoms with Crippen molar-refractivity contribution in [3.63, 3.8) is 0 Å². The molecule has 33 heavy (non-hydrogen) atoms. The largest absolute Gasteiger partial charge is 0.497 e. The summed E-state index contributed by atoms with van der Waals surface area (Å²) in [6.45, 7) is 2.00. The summed E-state index contributed by atoms with van der Waals surface area (Å²) >= 11 is 6.30. The van der Waals surface area contributed by atoms with Gasteiger partial charge in [0.1, 0.15) is 17.2 Å². The lowest BCUT2D eigenvalue weighted by molar-refractivity contribution is -0.137. The fraction of sp³-hybridized carbons (Fsp3) is 0.154. The Labute approximate surface area is 197 Å². The van der Waals surface area contributed by atoms with Gasteiger partial charge < -0.3 is 14.8 Å². The van der Waals surface area contributed by atoms with Crippen molar-refractivity contribution >= 4 is 34.7 Å². The van der Waals surface area contributed by atoms with Crippen molar-refractivity contribution in [3.05, 3.63) is 94.1 Å². The summed E-state index contributed by atoms with van der Waals surface area (Å²) in [7, 11) is 3.13. The number of benzene rings is 3. The standard InChI is InChI=1S/C26H23ClN2O4/c1-16-8-13-22(33-3)21(14-16)28-24-23(17-9-11-19(32-2)12-10-17)25(30)29(26(24)31)15-18-6-4-5-7-20(18)27/h4-14,28H,15H2,1-3H3. The van der Waals surface area contributed by atoms with E-state index in [1.807, 2.05) is 31.2 Å². The van der Waals surface area contributed by atoms with E-state index in [0.29, 0.717) is 33.3 Å². The Hall–Kier alpha value is -3.77. The van der Waals surface area contributed by atoms with Crippen LogP contribution in [0.5, 0.6) is 11.5 Å². The van der Waals surface area contributed by atoms with Gasteiger partial charge in [-0.1, -0.05) is 48.0 Å². The lowest BCUT2D eigenvalue weighted by Crippen LogP contribution is -2.32. The van der Waals surface area contributed by atoms with Crippen molar-refractivity contribution in [2.75, 3.05) is 19.5 Å². The van der Waals surface area contributed by atoms with E-state index in [1.54, 1.807) is 56.7 Å². The molecule has 0 aliphatic carbocycles. The fourth-order valence-corrected chi connectivity index (χ4v) is 3.91. The fourth-order valence-electron chi connectivity index (χ4n) is 3.71. The molecule has 4 rings (SSSR count). The van der Waals surface area contributed by atoms with Crippen molar-refractivity contribution in [2.24, 2.45) is 0 Å². The number of imide groups is 1. The Morgan fingerprint density at radius 2 is 1.64 bits per heavy atom. The summed E-state index contributed by atoms with van der Waals surface area (Å²) in [6.07, 6.45) is 0. The Morgan fingerprint density at radius 1 is 0.909 bits per heavy atom. The van der Waals surface area contributed by atoms with Gasteiger partial charge in [-0.3, -0.25) is 14.5 Å². The van der Waals surface area contributed by atoms with Crippen molar-refractivity contribution in [1.82, 2.24) is 4.90 Å². The summed E-state index contributed by atoms with van der Waals surface area (Å²) in [6, 6.07) is 19.8. The van der Waals surface area contributed by atoms with Gasteiger partial charge in [-0.2, -0.15) is 0 Å². The molecule has 6 nitrogen and oxygen atoms in total. The number of nitrogens with zero attached hydrogens (tertiary/aromatic N) is 1. The number of aryl methyl sites for hydroxylation is 1. The zero-order valence-electron chi connectivity index (χ0n) is 18.5. The van der Waals surface area contributed by atoms with E-state index in [9.17, 15) is 9.59 Å². The maximum Gasteiger partial charge on any atom is 0.278 e. The Kier molecular flexibility index (Phi) is 6.38. The number of anilines is 1. The quantitative estimate of drug-likeness (QED) is 0.497. The van der Waals surface area contributed by atoms with Crippen LogP contribution in [0.15, 0.2) is 72.4 Å². The number of nitrogens with one attached hydrogen (secondary N) is 1. The predicted molar refractivity (Wildman–Crippen MR) is 128 cm³/mol. The first-order chi connectivity index (χ1) is 15.9. The molecule has 0 atom stereocenters. The minimum absolute atomic E-state index is 0.0626.